The SMILES string of the molecule is Cc1cc(S(=O)(=O)[O-])ccc1F.[Na+]. The first-order valence-electron chi connectivity index (χ1n) is 3.13. The predicted molar refractivity (Wildman–Crippen MR) is 39.1 cm³/mol. The van der Waals surface area contributed by atoms with Gasteiger partial charge in [0.1, 0.15) is 15.9 Å². The first kappa shape index (κ1) is 13.1. The Hall–Kier alpha value is 0.0600. The molecule has 13 heavy (non-hydrogen) atoms. The van der Waals surface area contributed by atoms with Crippen molar-refractivity contribution >= 4 is 10.1 Å². The Kier molecular flexibility index (Phi) is 4.54. The van der Waals surface area contributed by atoms with Crippen molar-refractivity contribution in [2.24, 2.45) is 0 Å². The molecule has 0 saturated heterocycles. The van der Waals surface area contributed by atoms with Gasteiger partial charge in [-0.25, -0.2) is 12.8 Å². The summed E-state index contributed by atoms with van der Waals surface area (Å²) in [5, 5.41) is 0. The average molecular weight is 212 g/mol. The van der Waals surface area contributed by atoms with E-state index < -0.39 is 20.8 Å². The van der Waals surface area contributed by atoms with E-state index in [1.165, 1.54) is 6.92 Å². The van der Waals surface area contributed by atoms with Crippen molar-refractivity contribution in [3.05, 3.63) is 29.6 Å². The summed E-state index contributed by atoms with van der Waals surface area (Å²) >= 11 is 0. The third-order valence-corrected chi connectivity index (χ3v) is 2.25. The minimum Gasteiger partial charge on any atom is -0.744 e. The van der Waals surface area contributed by atoms with Crippen LogP contribution in [-0.4, -0.2) is 13.0 Å². The van der Waals surface area contributed by atoms with Gasteiger partial charge in [-0.2, -0.15) is 0 Å². The molecule has 1 aromatic carbocycles. The van der Waals surface area contributed by atoms with Gasteiger partial charge in [-0.05, 0) is 30.7 Å². The van der Waals surface area contributed by atoms with Gasteiger partial charge in [0.15, 0.2) is 0 Å². The van der Waals surface area contributed by atoms with Crippen molar-refractivity contribution < 1.29 is 46.9 Å². The summed E-state index contributed by atoms with van der Waals surface area (Å²) in [7, 11) is -4.46. The van der Waals surface area contributed by atoms with Crippen molar-refractivity contribution in [2.45, 2.75) is 11.8 Å². The minimum absolute atomic E-state index is 0. The predicted octanol–water partition coefficient (Wildman–Crippen LogP) is -1.96. The van der Waals surface area contributed by atoms with Crippen molar-refractivity contribution in [3.8, 4) is 0 Å². The van der Waals surface area contributed by atoms with Crippen LogP contribution in [0.1, 0.15) is 5.56 Å². The Bertz CT molecular complexity index is 402. The molecule has 0 radical (unpaired) electrons. The minimum atomic E-state index is -4.46. The average Bonchev–Trinajstić information content (AvgIpc) is 1.92. The standard InChI is InChI=1S/C7H7FO3S.Na/c1-5-4-6(12(9,10)11)2-3-7(5)8;/h2-4H,1H3,(H,9,10,11);/q;+1/p-1. The van der Waals surface area contributed by atoms with E-state index in [1.807, 2.05) is 0 Å². The van der Waals surface area contributed by atoms with Gasteiger partial charge >= 0.3 is 29.6 Å². The largest absolute Gasteiger partial charge is 1.00 e. The molecule has 3 nitrogen and oxygen atoms in total. The molecule has 6 heteroatoms. The molecule has 0 bridgehead atoms. The van der Waals surface area contributed by atoms with Crippen LogP contribution in [-0.2, 0) is 10.1 Å². The van der Waals surface area contributed by atoms with Gasteiger partial charge in [-0.15, -0.1) is 0 Å². The molecule has 0 aliphatic carbocycles. The zero-order valence-corrected chi connectivity index (χ0v) is 10.1. The van der Waals surface area contributed by atoms with E-state index in [9.17, 15) is 17.4 Å². The zero-order chi connectivity index (χ0) is 9.35. The van der Waals surface area contributed by atoms with Gasteiger partial charge < -0.3 is 4.55 Å². The molecule has 0 unspecified atom stereocenters. The summed E-state index contributed by atoms with van der Waals surface area (Å²) in [4.78, 5) is -0.401. The van der Waals surface area contributed by atoms with E-state index in [1.54, 1.807) is 0 Å². The summed E-state index contributed by atoms with van der Waals surface area (Å²) in [6, 6.07) is 2.92. The normalized spacial score (nSPS) is 10.7. The second-order valence-corrected chi connectivity index (χ2v) is 3.74. The first-order valence-corrected chi connectivity index (χ1v) is 4.54. The van der Waals surface area contributed by atoms with E-state index in [2.05, 4.69) is 0 Å². The van der Waals surface area contributed by atoms with E-state index in [0.29, 0.717) is 0 Å². The third kappa shape index (κ3) is 3.36. The fourth-order valence-electron chi connectivity index (χ4n) is 0.773. The number of rotatable bonds is 1. The maximum Gasteiger partial charge on any atom is 1.00 e. The maximum atomic E-state index is 12.6. The molecule has 0 N–H and O–H groups in total. The number of aryl methyl sites for hydroxylation is 1. The fraction of sp³-hybridized carbons (Fsp3) is 0.143. The van der Waals surface area contributed by atoms with Gasteiger partial charge in [-0.3, -0.25) is 0 Å². The van der Waals surface area contributed by atoms with Crippen LogP contribution in [0.2, 0.25) is 0 Å². The van der Waals surface area contributed by atoms with Crippen LogP contribution in [0.15, 0.2) is 23.1 Å². The van der Waals surface area contributed by atoms with E-state index >= 15 is 0 Å². The Morgan fingerprint density at radius 2 is 1.92 bits per heavy atom. The smallest absolute Gasteiger partial charge is 0.744 e. The molecule has 66 valence electrons. The van der Waals surface area contributed by atoms with E-state index in [-0.39, 0.29) is 35.1 Å². The van der Waals surface area contributed by atoms with Crippen LogP contribution in [0.5, 0.6) is 0 Å². The zero-order valence-electron chi connectivity index (χ0n) is 7.24. The Morgan fingerprint density at radius 3 is 2.31 bits per heavy atom. The topological polar surface area (TPSA) is 57.2 Å². The molecule has 0 saturated carbocycles. The van der Waals surface area contributed by atoms with E-state index in [4.69, 9.17) is 0 Å². The van der Waals surface area contributed by atoms with Crippen molar-refractivity contribution in [2.75, 3.05) is 0 Å². The van der Waals surface area contributed by atoms with Gasteiger partial charge in [0.25, 0.3) is 0 Å². The Balaban J connectivity index is 0.00000144. The van der Waals surface area contributed by atoms with E-state index in [0.717, 1.165) is 18.2 Å². The molecule has 1 aromatic rings. The quantitative estimate of drug-likeness (QED) is 0.401. The molecule has 0 spiro atoms. The second kappa shape index (κ2) is 4.52. The van der Waals surface area contributed by atoms with Crippen molar-refractivity contribution in [1.82, 2.24) is 0 Å². The molecular weight excluding hydrogens is 206 g/mol. The molecule has 0 atom stereocenters. The third-order valence-electron chi connectivity index (χ3n) is 1.42. The molecule has 1 rings (SSSR count). The molecular formula is C7H6FNaO3S. The number of hydrogen-bond acceptors (Lipinski definition) is 3. The fourth-order valence-corrected chi connectivity index (χ4v) is 1.33. The molecule has 0 aromatic heterocycles. The van der Waals surface area contributed by atoms with Crippen LogP contribution in [0.4, 0.5) is 4.39 Å². The Labute approximate surface area is 98.0 Å². The van der Waals surface area contributed by atoms with Crippen molar-refractivity contribution in [3.63, 3.8) is 0 Å². The summed E-state index contributed by atoms with van der Waals surface area (Å²) in [5.41, 5.74) is 0.145. The molecule has 0 heterocycles. The van der Waals surface area contributed by atoms with Gasteiger partial charge in [0, 0.05) is 0 Å². The summed E-state index contributed by atoms with van der Waals surface area (Å²) in [6.07, 6.45) is 0. The number of hydrogen-bond donors (Lipinski definition) is 0. The van der Waals surface area contributed by atoms with Crippen LogP contribution in [0.3, 0.4) is 0 Å². The van der Waals surface area contributed by atoms with Crippen LogP contribution < -0.4 is 29.6 Å². The van der Waals surface area contributed by atoms with Crippen LogP contribution in [0, 0.1) is 12.7 Å². The molecule has 0 aliphatic heterocycles. The van der Waals surface area contributed by atoms with Gasteiger partial charge in [0.2, 0.25) is 0 Å². The summed E-state index contributed by atoms with van der Waals surface area (Å²) in [5.74, 6) is -0.526. The summed E-state index contributed by atoms with van der Waals surface area (Å²) < 4.78 is 43.8. The van der Waals surface area contributed by atoms with Crippen LogP contribution in [0.25, 0.3) is 0 Å². The Morgan fingerprint density at radius 1 is 1.38 bits per heavy atom. The van der Waals surface area contributed by atoms with Gasteiger partial charge in [0.05, 0.1) is 4.90 Å². The molecule has 0 fully saturated rings. The first-order chi connectivity index (χ1) is 5.41. The number of benzene rings is 1. The van der Waals surface area contributed by atoms with Crippen LogP contribution >= 0.6 is 0 Å². The molecule has 0 aliphatic rings. The van der Waals surface area contributed by atoms with Gasteiger partial charge in [-0.1, -0.05) is 0 Å². The summed E-state index contributed by atoms with van der Waals surface area (Å²) in [6.45, 7) is 1.39. The monoisotopic (exact) mass is 212 g/mol. The van der Waals surface area contributed by atoms with Crippen molar-refractivity contribution in [1.29, 1.82) is 0 Å². The number of halogens is 1. The molecule has 0 amide bonds. The second-order valence-electron chi connectivity index (χ2n) is 2.37. The maximum absolute atomic E-state index is 12.6.